The van der Waals surface area contributed by atoms with E-state index in [0.29, 0.717) is 11.6 Å². The van der Waals surface area contributed by atoms with Gasteiger partial charge < -0.3 is 10.4 Å². The van der Waals surface area contributed by atoms with Crippen molar-refractivity contribution < 1.29 is 5.11 Å². The zero-order valence-electron chi connectivity index (χ0n) is 10.3. The van der Waals surface area contributed by atoms with E-state index in [9.17, 15) is 5.11 Å². The van der Waals surface area contributed by atoms with Crippen LogP contribution >= 0.6 is 11.6 Å². The summed E-state index contributed by atoms with van der Waals surface area (Å²) in [6, 6.07) is 13.6. The predicted octanol–water partition coefficient (Wildman–Crippen LogP) is 4.22. The highest BCUT2D eigenvalue weighted by molar-refractivity contribution is 6.32. The summed E-state index contributed by atoms with van der Waals surface area (Å²) in [4.78, 5) is 0. The van der Waals surface area contributed by atoms with Crippen molar-refractivity contribution in [1.29, 1.82) is 0 Å². The number of benzene rings is 2. The summed E-state index contributed by atoms with van der Waals surface area (Å²) in [5, 5.41) is 13.0. The molecule has 0 radical (unpaired) electrons. The second-order valence-electron chi connectivity index (χ2n) is 4.19. The van der Waals surface area contributed by atoms with Gasteiger partial charge in [-0.25, -0.2) is 0 Å². The van der Waals surface area contributed by atoms with Crippen LogP contribution in [0.4, 0.5) is 5.69 Å². The molecule has 0 saturated carbocycles. The standard InChI is InChI=1S/C15H16ClNO/c1-2-11-3-6-13(7-4-11)17-10-12-5-8-15(18)14(16)9-12/h3-9,17-18H,2,10H2,1H3. The number of aryl methyl sites for hydroxylation is 1. The van der Waals surface area contributed by atoms with Crippen LogP contribution in [0, 0.1) is 0 Å². The van der Waals surface area contributed by atoms with Crippen LogP contribution in [0.3, 0.4) is 0 Å². The zero-order chi connectivity index (χ0) is 13.0. The highest BCUT2D eigenvalue weighted by Gasteiger charge is 2.00. The summed E-state index contributed by atoms with van der Waals surface area (Å²) in [6.07, 6.45) is 1.05. The van der Waals surface area contributed by atoms with Gasteiger partial charge in [0.05, 0.1) is 5.02 Å². The molecule has 0 amide bonds. The minimum absolute atomic E-state index is 0.118. The minimum atomic E-state index is 0.118. The Hall–Kier alpha value is -1.67. The van der Waals surface area contributed by atoms with Gasteiger partial charge in [-0.15, -0.1) is 0 Å². The molecule has 0 atom stereocenters. The third-order valence-electron chi connectivity index (χ3n) is 2.87. The van der Waals surface area contributed by atoms with Crippen molar-refractivity contribution in [1.82, 2.24) is 0 Å². The smallest absolute Gasteiger partial charge is 0.134 e. The molecule has 3 heteroatoms. The highest BCUT2D eigenvalue weighted by atomic mass is 35.5. The number of hydrogen-bond acceptors (Lipinski definition) is 2. The van der Waals surface area contributed by atoms with Gasteiger partial charge in [0.25, 0.3) is 0 Å². The molecule has 0 unspecified atom stereocenters. The van der Waals surface area contributed by atoms with Gasteiger partial charge in [-0.1, -0.05) is 36.7 Å². The molecule has 0 fully saturated rings. The van der Waals surface area contributed by atoms with Crippen molar-refractivity contribution in [3.05, 3.63) is 58.6 Å². The molecule has 0 heterocycles. The Morgan fingerprint density at radius 3 is 2.33 bits per heavy atom. The van der Waals surface area contributed by atoms with E-state index >= 15 is 0 Å². The maximum Gasteiger partial charge on any atom is 0.134 e. The lowest BCUT2D eigenvalue weighted by Crippen LogP contribution is -1.99. The van der Waals surface area contributed by atoms with Crippen LogP contribution in [0.25, 0.3) is 0 Å². The normalized spacial score (nSPS) is 10.3. The van der Waals surface area contributed by atoms with Crippen LogP contribution in [0.5, 0.6) is 5.75 Å². The molecule has 2 nitrogen and oxygen atoms in total. The van der Waals surface area contributed by atoms with Gasteiger partial charge in [-0.3, -0.25) is 0 Å². The number of hydrogen-bond donors (Lipinski definition) is 2. The SMILES string of the molecule is CCc1ccc(NCc2ccc(O)c(Cl)c2)cc1. The fourth-order valence-corrected chi connectivity index (χ4v) is 1.93. The van der Waals surface area contributed by atoms with Crippen molar-refractivity contribution in [2.75, 3.05) is 5.32 Å². The van der Waals surface area contributed by atoms with Crippen LogP contribution in [-0.2, 0) is 13.0 Å². The molecular formula is C15H16ClNO. The summed E-state index contributed by atoms with van der Waals surface area (Å²) in [5.41, 5.74) is 3.45. The molecule has 0 aliphatic heterocycles. The maximum absolute atomic E-state index is 9.33. The number of rotatable bonds is 4. The molecule has 0 saturated heterocycles. The summed E-state index contributed by atoms with van der Waals surface area (Å²) in [5.74, 6) is 0.118. The third-order valence-corrected chi connectivity index (χ3v) is 3.17. The van der Waals surface area contributed by atoms with Crippen molar-refractivity contribution in [2.24, 2.45) is 0 Å². The summed E-state index contributed by atoms with van der Waals surface area (Å²) < 4.78 is 0. The average molecular weight is 262 g/mol. The fraction of sp³-hybridized carbons (Fsp3) is 0.200. The second kappa shape index (κ2) is 5.78. The number of halogens is 1. The van der Waals surface area contributed by atoms with E-state index in [1.165, 1.54) is 5.56 Å². The van der Waals surface area contributed by atoms with Gasteiger partial charge in [0, 0.05) is 12.2 Å². The van der Waals surface area contributed by atoms with Crippen LogP contribution in [0.15, 0.2) is 42.5 Å². The molecule has 94 valence electrons. The summed E-state index contributed by atoms with van der Waals surface area (Å²) >= 11 is 5.86. The molecule has 2 aromatic carbocycles. The molecule has 2 N–H and O–H groups in total. The molecule has 0 aliphatic rings. The molecule has 0 aliphatic carbocycles. The third kappa shape index (κ3) is 3.17. The number of aromatic hydroxyl groups is 1. The van der Waals surface area contributed by atoms with Gasteiger partial charge in [0.15, 0.2) is 0 Å². The van der Waals surface area contributed by atoms with Gasteiger partial charge in [-0.2, -0.15) is 0 Å². The van der Waals surface area contributed by atoms with Crippen LogP contribution < -0.4 is 5.32 Å². The molecule has 2 rings (SSSR count). The Labute approximate surface area is 112 Å². The first-order valence-corrected chi connectivity index (χ1v) is 6.37. The van der Waals surface area contributed by atoms with Gasteiger partial charge in [0.2, 0.25) is 0 Å². The van der Waals surface area contributed by atoms with E-state index in [-0.39, 0.29) is 5.75 Å². The van der Waals surface area contributed by atoms with E-state index < -0.39 is 0 Å². The Morgan fingerprint density at radius 2 is 1.72 bits per heavy atom. The topological polar surface area (TPSA) is 32.3 Å². The van der Waals surface area contributed by atoms with E-state index in [1.807, 2.05) is 6.07 Å². The quantitative estimate of drug-likeness (QED) is 0.864. The van der Waals surface area contributed by atoms with Crippen molar-refractivity contribution >= 4 is 17.3 Å². The minimum Gasteiger partial charge on any atom is -0.506 e. The van der Waals surface area contributed by atoms with Crippen LogP contribution in [0.2, 0.25) is 5.02 Å². The summed E-state index contributed by atoms with van der Waals surface area (Å²) in [6.45, 7) is 2.83. The number of phenolic OH excluding ortho intramolecular Hbond substituents is 1. The lowest BCUT2D eigenvalue weighted by atomic mass is 10.1. The van der Waals surface area contributed by atoms with E-state index in [0.717, 1.165) is 17.7 Å². The van der Waals surface area contributed by atoms with Gasteiger partial charge in [-0.05, 0) is 41.8 Å². The first kappa shape index (κ1) is 12.8. The molecule has 0 bridgehead atoms. The average Bonchev–Trinajstić information content (AvgIpc) is 2.41. The van der Waals surface area contributed by atoms with E-state index in [1.54, 1.807) is 12.1 Å². The van der Waals surface area contributed by atoms with Gasteiger partial charge >= 0.3 is 0 Å². The molecule has 0 aromatic heterocycles. The van der Waals surface area contributed by atoms with E-state index in [4.69, 9.17) is 11.6 Å². The largest absolute Gasteiger partial charge is 0.506 e. The van der Waals surface area contributed by atoms with Crippen LogP contribution in [-0.4, -0.2) is 5.11 Å². The first-order chi connectivity index (χ1) is 8.69. The van der Waals surface area contributed by atoms with Gasteiger partial charge in [0.1, 0.15) is 5.75 Å². The maximum atomic E-state index is 9.33. The number of nitrogens with one attached hydrogen (secondary N) is 1. The Kier molecular flexibility index (Phi) is 4.11. The second-order valence-corrected chi connectivity index (χ2v) is 4.60. The number of phenols is 1. The lowest BCUT2D eigenvalue weighted by molar-refractivity contribution is 0.475. The molecule has 0 spiro atoms. The van der Waals surface area contributed by atoms with Crippen molar-refractivity contribution in [2.45, 2.75) is 19.9 Å². The molecular weight excluding hydrogens is 246 g/mol. The van der Waals surface area contributed by atoms with E-state index in [2.05, 4.69) is 36.5 Å². The fourth-order valence-electron chi connectivity index (χ4n) is 1.72. The zero-order valence-corrected chi connectivity index (χ0v) is 11.0. The van der Waals surface area contributed by atoms with Crippen molar-refractivity contribution in [3.63, 3.8) is 0 Å². The predicted molar refractivity (Wildman–Crippen MR) is 76.3 cm³/mol. The Morgan fingerprint density at radius 1 is 1.06 bits per heavy atom. The highest BCUT2D eigenvalue weighted by Crippen LogP contribution is 2.24. The Bertz CT molecular complexity index is 523. The molecule has 2 aromatic rings. The lowest BCUT2D eigenvalue weighted by Gasteiger charge is -2.08. The number of anilines is 1. The van der Waals surface area contributed by atoms with Crippen molar-refractivity contribution in [3.8, 4) is 5.75 Å². The monoisotopic (exact) mass is 261 g/mol. The molecule has 18 heavy (non-hydrogen) atoms. The Balaban J connectivity index is 1.99. The first-order valence-electron chi connectivity index (χ1n) is 5.99. The van der Waals surface area contributed by atoms with Crippen LogP contribution in [0.1, 0.15) is 18.1 Å². The summed E-state index contributed by atoms with van der Waals surface area (Å²) in [7, 11) is 0.